The van der Waals surface area contributed by atoms with Crippen molar-refractivity contribution in [2.24, 2.45) is 0 Å². The number of ether oxygens (including phenoxy) is 1. The van der Waals surface area contributed by atoms with Gasteiger partial charge in [0.25, 0.3) is 0 Å². The molecule has 0 N–H and O–H groups in total. The van der Waals surface area contributed by atoms with Crippen molar-refractivity contribution in [3.63, 3.8) is 0 Å². The van der Waals surface area contributed by atoms with E-state index in [1.54, 1.807) is 13.0 Å². The Balaban J connectivity index is 1.51. The number of rotatable bonds is 9. The molecule has 1 aliphatic carbocycles. The Morgan fingerprint density at radius 2 is 1.67 bits per heavy atom. The number of hydrogen-bond acceptors (Lipinski definition) is 5. The van der Waals surface area contributed by atoms with E-state index < -0.39 is 21.4 Å². The molecular weight excluding hydrogens is 589 g/mol. The average molecular weight is 622 g/mol. The topological polar surface area (TPSA) is 55.8 Å². The molecule has 43 heavy (non-hydrogen) atoms. The van der Waals surface area contributed by atoms with Gasteiger partial charge in [0, 0.05) is 25.2 Å². The van der Waals surface area contributed by atoms with Gasteiger partial charge in [0.1, 0.15) is 23.4 Å². The van der Waals surface area contributed by atoms with Crippen LogP contribution in [0.25, 0.3) is 11.1 Å². The van der Waals surface area contributed by atoms with Crippen LogP contribution in [0.1, 0.15) is 53.5 Å². The quantitative estimate of drug-likeness (QED) is 0.141. The zero-order valence-electron chi connectivity index (χ0n) is 23.6. The van der Waals surface area contributed by atoms with Gasteiger partial charge in [0.15, 0.2) is 0 Å². The molecule has 1 fully saturated rings. The van der Waals surface area contributed by atoms with E-state index in [1.807, 2.05) is 30.3 Å². The first-order valence-corrected chi connectivity index (χ1v) is 15.5. The van der Waals surface area contributed by atoms with E-state index in [9.17, 15) is 26.0 Å². The lowest BCUT2D eigenvalue weighted by molar-refractivity contribution is -0.0500. The fraction of sp³-hybridized carbons (Fsp3) is 0.375. The lowest BCUT2D eigenvalue weighted by Gasteiger charge is -2.19. The van der Waals surface area contributed by atoms with Crippen LogP contribution < -0.4 is 8.92 Å². The van der Waals surface area contributed by atoms with E-state index in [1.165, 1.54) is 24.3 Å². The maximum atomic E-state index is 15.3. The summed E-state index contributed by atoms with van der Waals surface area (Å²) in [6.07, 6.45) is 2.76. The summed E-state index contributed by atoms with van der Waals surface area (Å²) in [6, 6.07) is 16.4. The van der Waals surface area contributed by atoms with Crippen LogP contribution in [0.4, 0.5) is 22.0 Å². The van der Waals surface area contributed by atoms with E-state index in [0.29, 0.717) is 66.8 Å². The lowest BCUT2D eigenvalue weighted by atomic mass is 9.87. The molecule has 0 bridgehead atoms. The summed E-state index contributed by atoms with van der Waals surface area (Å²) in [5, 5.41) is 0. The van der Waals surface area contributed by atoms with Crippen LogP contribution in [0.15, 0.2) is 60.7 Å². The van der Waals surface area contributed by atoms with Crippen LogP contribution in [0, 0.1) is 12.7 Å². The molecule has 0 saturated carbocycles. The SMILES string of the molecule is Cc1ccc(C2=C(c3ccc(OC4CCN(CCCF)C4)cc3)c3ccc(OS(=O)(=O)C(F)(F)F)cc3CCC2)c(F)c1. The number of nitrogens with zero attached hydrogens (tertiary/aromatic N) is 1. The summed E-state index contributed by atoms with van der Waals surface area (Å²) in [7, 11) is -5.83. The molecule has 1 unspecified atom stereocenters. The van der Waals surface area contributed by atoms with Crippen molar-refractivity contribution in [3.8, 4) is 11.5 Å². The van der Waals surface area contributed by atoms with Gasteiger partial charge in [-0.3, -0.25) is 9.29 Å². The molecule has 2 aliphatic rings. The van der Waals surface area contributed by atoms with Crippen LogP contribution in [-0.2, 0) is 16.5 Å². The van der Waals surface area contributed by atoms with Crippen molar-refractivity contribution in [2.45, 2.75) is 50.6 Å². The highest BCUT2D eigenvalue weighted by molar-refractivity contribution is 7.88. The van der Waals surface area contributed by atoms with Gasteiger partial charge in [0.05, 0.1) is 6.67 Å². The van der Waals surface area contributed by atoms with E-state index in [2.05, 4.69) is 9.08 Å². The van der Waals surface area contributed by atoms with Crippen LogP contribution in [0.3, 0.4) is 0 Å². The Morgan fingerprint density at radius 3 is 2.37 bits per heavy atom. The molecule has 0 amide bonds. The third kappa shape index (κ3) is 7.04. The number of hydrogen-bond donors (Lipinski definition) is 0. The van der Waals surface area contributed by atoms with Crippen molar-refractivity contribution in [1.29, 1.82) is 0 Å². The number of halogens is 5. The van der Waals surface area contributed by atoms with Gasteiger partial charge >= 0.3 is 15.6 Å². The normalized spacial score (nSPS) is 18.0. The molecule has 1 heterocycles. The number of benzene rings is 3. The van der Waals surface area contributed by atoms with Crippen LogP contribution in [-0.4, -0.2) is 51.2 Å². The number of likely N-dealkylation sites (tertiary alicyclic amines) is 1. The number of allylic oxidation sites excluding steroid dienone is 1. The van der Waals surface area contributed by atoms with E-state index in [0.717, 1.165) is 29.7 Å². The Kier molecular flexibility index (Phi) is 9.12. The second kappa shape index (κ2) is 12.7. The zero-order chi connectivity index (χ0) is 30.8. The second-order valence-electron chi connectivity index (χ2n) is 10.9. The van der Waals surface area contributed by atoms with E-state index in [-0.39, 0.29) is 18.6 Å². The molecule has 0 radical (unpaired) electrons. The smallest absolute Gasteiger partial charge is 0.489 e. The van der Waals surface area contributed by atoms with Gasteiger partial charge in [-0.2, -0.15) is 21.6 Å². The number of alkyl halides is 4. The van der Waals surface area contributed by atoms with Crippen molar-refractivity contribution in [2.75, 3.05) is 26.3 Å². The Bertz CT molecular complexity index is 1600. The van der Waals surface area contributed by atoms with Gasteiger partial charge < -0.3 is 8.92 Å². The van der Waals surface area contributed by atoms with Crippen LogP contribution in [0.5, 0.6) is 11.5 Å². The lowest BCUT2D eigenvalue weighted by Crippen LogP contribution is -2.28. The summed E-state index contributed by atoms with van der Waals surface area (Å²) < 4.78 is 101. The molecule has 0 spiro atoms. The third-order valence-electron chi connectivity index (χ3n) is 7.74. The third-order valence-corrected chi connectivity index (χ3v) is 8.72. The minimum atomic E-state index is -5.83. The summed E-state index contributed by atoms with van der Waals surface area (Å²) in [5.74, 6) is -0.174. The van der Waals surface area contributed by atoms with Gasteiger partial charge in [-0.25, -0.2) is 4.39 Å². The Labute approximate surface area is 248 Å². The summed E-state index contributed by atoms with van der Waals surface area (Å²) in [5.41, 5.74) is -0.945. The monoisotopic (exact) mass is 621 g/mol. The predicted octanol–water partition coefficient (Wildman–Crippen LogP) is 7.47. The van der Waals surface area contributed by atoms with Crippen molar-refractivity contribution >= 4 is 21.3 Å². The molecule has 3 aromatic carbocycles. The second-order valence-corrected chi connectivity index (χ2v) is 12.4. The van der Waals surface area contributed by atoms with Crippen molar-refractivity contribution in [3.05, 3.63) is 94.3 Å². The first-order valence-electron chi connectivity index (χ1n) is 14.1. The molecule has 11 heteroatoms. The molecule has 3 aromatic rings. The average Bonchev–Trinajstić information content (AvgIpc) is 3.30. The molecule has 1 saturated heterocycles. The highest BCUT2D eigenvalue weighted by Crippen LogP contribution is 2.42. The standard InChI is InChI=1S/C32H32F5NO4S/c1-21-6-12-28(30(34)18-21)29-5-2-4-23-19-25(42-43(39,40)32(35,36)37)11-13-27(23)31(29)22-7-9-24(10-8-22)41-26-14-17-38(20-26)16-3-15-33/h6-13,18-19,26H,2-5,14-17,20H2,1H3. The summed E-state index contributed by atoms with van der Waals surface area (Å²) >= 11 is 0. The van der Waals surface area contributed by atoms with Gasteiger partial charge in [-0.1, -0.05) is 30.3 Å². The highest BCUT2D eigenvalue weighted by atomic mass is 32.2. The van der Waals surface area contributed by atoms with Gasteiger partial charge in [-0.05, 0) is 103 Å². The highest BCUT2D eigenvalue weighted by Gasteiger charge is 2.48. The fourth-order valence-corrected chi connectivity index (χ4v) is 6.18. The number of aryl methyl sites for hydroxylation is 2. The molecule has 1 atom stereocenters. The molecule has 230 valence electrons. The van der Waals surface area contributed by atoms with E-state index >= 15 is 4.39 Å². The van der Waals surface area contributed by atoms with Crippen molar-refractivity contribution in [1.82, 2.24) is 4.90 Å². The molecule has 1 aliphatic heterocycles. The fourth-order valence-electron chi connectivity index (χ4n) is 5.73. The molecule has 5 rings (SSSR count). The summed E-state index contributed by atoms with van der Waals surface area (Å²) in [4.78, 5) is 2.17. The zero-order valence-corrected chi connectivity index (χ0v) is 24.4. The summed E-state index contributed by atoms with van der Waals surface area (Å²) in [6.45, 7) is 3.69. The van der Waals surface area contributed by atoms with Gasteiger partial charge in [0.2, 0.25) is 0 Å². The maximum absolute atomic E-state index is 15.3. The van der Waals surface area contributed by atoms with Crippen LogP contribution >= 0.6 is 0 Å². The first kappa shape index (κ1) is 31.0. The number of fused-ring (bicyclic) bond motifs is 1. The van der Waals surface area contributed by atoms with E-state index in [4.69, 9.17) is 4.74 Å². The van der Waals surface area contributed by atoms with Gasteiger partial charge in [-0.15, -0.1) is 0 Å². The predicted molar refractivity (Wildman–Crippen MR) is 155 cm³/mol. The van der Waals surface area contributed by atoms with Crippen LogP contribution in [0.2, 0.25) is 0 Å². The minimum Gasteiger partial charge on any atom is -0.489 e. The largest absolute Gasteiger partial charge is 0.534 e. The molecular formula is C32H32F5NO4S. The first-order chi connectivity index (χ1) is 20.4. The molecule has 0 aromatic heterocycles. The maximum Gasteiger partial charge on any atom is 0.534 e. The molecule has 5 nitrogen and oxygen atoms in total. The van der Waals surface area contributed by atoms with Crippen molar-refractivity contribution < 1.29 is 39.3 Å². The minimum absolute atomic E-state index is 0.0214. The Morgan fingerprint density at radius 1 is 0.953 bits per heavy atom. The Hall–Kier alpha value is -3.44.